The molecule has 22 heavy (non-hydrogen) atoms. The molecule has 0 radical (unpaired) electrons. The van der Waals surface area contributed by atoms with Crippen LogP contribution in [-0.4, -0.2) is 17.7 Å². The molecular weight excluding hydrogens is 280 g/mol. The summed E-state index contributed by atoms with van der Waals surface area (Å²) in [6, 6.07) is 11.3. The van der Waals surface area contributed by atoms with Crippen molar-refractivity contribution < 1.29 is 14.3 Å². The first-order chi connectivity index (χ1) is 10.7. The van der Waals surface area contributed by atoms with Gasteiger partial charge in [0.15, 0.2) is 11.5 Å². The van der Waals surface area contributed by atoms with E-state index in [0.29, 0.717) is 11.6 Å². The van der Waals surface area contributed by atoms with Crippen molar-refractivity contribution in [3.63, 3.8) is 0 Å². The molecule has 1 saturated carbocycles. The molecule has 1 aliphatic heterocycles. The largest absolute Gasteiger partial charge is 0.454 e. The number of pyridine rings is 1. The highest BCUT2D eigenvalue weighted by Gasteiger charge is 2.51. The normalized spacial score (nSPS) is 17.1. The van der Waals surface area contributed by atoms with Crippen molar-refractivity contribution >= 4 is 11.7 Å². The Balaban J connectivity index is 1.60. The number of hydrogen-bond acceptors (Lipinski definition) is 4. The van der Waals surface area contributed by atoms with Crippen molar-refractivity contribution in [1.29, 1.82) is 0 Å². The Bertz CT molecular complexity index is 753. The molecule has 1 aromatic carbocycles. The number of carbonyl (C=O) groups is 1. The number of aryl methyl sites for hydroxylation is 1. The molecule has 0 bridgehead atoms. The van der Waals surface area contributed by atoms with Gasteiger partial charge >= 0.3 is 0 Å². The lowest BCUT2D eigenvalue weighted by molar-refractivity contribution is -0.118. The number of rotatable bonds is 3. The van der Waals surface area contributed by atoms with Crippen LogP contribution in [0.25, 0.3) is 0 Å². The molecule has 2 heterocycles. The summed E-state index contributed by atoms with van der Waals surface area (Å²) >= 11 is 0. The van der Waals surface area contributed by atoms with E-state index in [0.717, 1.165) is 29.8 Å². The van der Waals surface area contributed by atoms with Crippen molar-refractivity contribution in [2.24, 2.45) is 0 Å². The fraction of sp³-hybridized carbons (Fsp3) is 0.294. The number of nitrogens with zero attached hydrogens (tertiary/aromatic N) is 1. The Labute approximate surface area is 128 Å². The van der Waals surface area contributed by atoms with Crippen molar-refractivity contribution in [2.75, 3.05) is 12.1 Å². The molecule has 4 rings (SSSR count). The number of amides is 1. The van der Waals surface area contributed by atoms with Crippen LogP contribution < -0.4 is 14.8 Å². The zero-order chi connectivity index (χ0) is 15.2. The van der Waals surface area contributed by atoms with Gasteiger partial charge in [0.05, 0.1) is 5.41 Å². The molecule has 0 saturated heterocycles. The molecule has 112 valence electrons. The first-order valence-corrected chi connectivity index (χ1v) is 7.33. The molecule has 2 aliphatic rings. The summed E-state index contributed by atoms with van der Waals surface area (Å²) in [5.74, 6) is 2.03. The maximum atomic E-state index is 12.7. The van der Waals surface area contributed by atoms with E-state index in [1.165, 1.54) is 0 Å². The van der Waals surface area contributed by atoms with Gasteiger partial charge in [-0.15, -0.1) is 0 Å². The van der Waals surface area contributed by atoms with Crippen LogP contribution in [0.5, 0.6) is 11.5 Å². The van der Waals surface area contributed by atoms with E-state index in [-0.39, 0.29) is 12.7 Å². The first-order valence-electron chi connectivity index (χ1n) is 7.33. The van der Waals surface area contributed by atoms with Gasteiger partial charge in [-0.2, -0.15) is 0 Å². The fourth-order valence-corrected chi connectivity index (χ4v) is 2.81. The number of benzene rings is 1. The van der Waals surface area contributed by atoms with Gasteiger partial charge in [0.25, 0.3) is 0 Å². The van der Waals surface area contributed by atoms with Crippen LogP contribution in [0.1, 0.15) is 24.1 Å². The van der Waals surface area contributed by atoms with Gasteiger partial charge in [0, 0.05) is 5.69 Å². The third-order valence-electron chi connectivity index (χ3n) is 4.24. The van der Waals surface area contributed by atoms with Crippen LogP contribution >= 0.6 is 0 Å². The first kappa shape index (κ1) is 13.1. The second kappa shape index (κ2) is 4.73. The topological polar surface area (TPSA) is 60.5 Å². The summed E-state index contributed by atoms with van der Waals surface area (Å²) in [6.07, 6.45) is 1.68. The van der Waals surface area contributed by atoms with Crippen LogP contribution in [0.4, 0.5) is 5.82 Å². The number of aromatic nitrogens is 1. The maximum absolute atomic E-state index is 12.7. The van der Waals surface area contributed by atoms with Crippen LogP contribution in [0, 0.1) is 6.92 Å². The number of nitrogens with one attached hydrogen (secondary N) is 1. The van der Waals surface area contributed by atoms with Gasteiger partial charge in [-0.3, -0.25) is 4.79 Å². The third-order valence-corrected chi connectivity index (χ3v) is 4.24. The molecule has 5 heteroatoms. The Hall–Kier alpha value is -2.56. The molecule has 1 fully saturated rings. The lowest BCUT2D eigenvalue weighted by Gasteiger charge is -2.16. The van der Waals surface area contributed by atoms with Crippen molar-refractivity contribution in [2.45, 2.75) is 25.2 Å². The van der Waals surface area contributed by atoms with E-state index in [1.807, 2.05) is 37.3 Å². The fourth-order valence-electron chi connectivity index (χ4n) is 2.81. The minimum absolute atomic E-state index is 0.00975. The molecule has 1 aliphatic carbocycles. The quantitative estimate of drug-likeness (QED) is 0.946. The summed E-state index contributed by atoms with van der Waals surface area (Å²) in [4.78, 5) is 17.0. The van der Waals surface area contributed by atoms with Gasteiger partial charge in [0.2, 0.25) is 12.7 Å². The monoisotopic (exact) mass is 296 g/mol. The second-order valence-electron chi connectivity index (χ2n) is 5.77. The highest BCUT2D eigenvalue weighted by atomic mass is 16.7. The minimum atomic E-state index is -0.466. The molecule has 5 nitrogen and oxygen atoms in total. The molecule has 1 N–H and O–H groups in total. The molecule has 0 atom stereocenters. The summed E-state index contributed by atoms with van der Waals surface area (Å²) in [5, 5.41) is 2.93. The van der Waals surface area contributed by atoms with Gasteiger partial charge in [-0.05, 0) is 49.6 Å². The average molecular weight is 296 g/mol. The lowest BCUT2D eigenvalue weighted by Crippen LogP contribution is -2.28. The number of hydrogen-bond donors (Lipinski definition) is 1. The summed E-state index contributed by atoms with van der Waals surface area (Å²) in [7, 11) is 0. The Morgan fingerprint density at radius 2 is 2.00 bits per heavy atom. The molecule has 2 aromatic rings. The van der Waals surface area contributed by atoms with Gasteiger partial charge < -0.3 is 14.8 Å². The van der Waals surface area contributed by atoms with E-state index in [4.69, 9.17) is 9.47 Å². The highest BCUT2D eigenvalue weighted by Crippen LogP contribution is 2.51. The zero-order valence-corrected chi connectivity index (χ0v) is 12.3. The highest BCUT2D eigenvalue weighted by molar-refractivity contribution is 6.01. The molecule has 0 spiro atoms. The van der Waals surface area contributed by atoms with E-state index in [9.17, 15) is 4.79 Å². The van der Waals surface area contributed by atoms with Crippen molar-refractivity contribution in [1.82, 2.24) is 4.98 Å². The molecule has 1 aromatic heterocycles. The zero-order valence-electron chi connectivity index (χ0n) is 12.3. The van der Waals surface area contributed by atoms with Gasteiger partial charge in [-0.1, -0.05) is 12.1 Å². The SMILES string of the molecule is Cc1cccc(NC(=O)C2(c3ccc4c(c3)OCO4)CC2)n1. The summed E-state index contributed by atoms with van der Waals surface area (Å²) < 4.78 is 10.7. The molecule has 1 amide bonds. The maximum Gasteiger partial charge on any atom is 0.236 e. The lowest BCUT2D eigenvalue weighted by atomic mass is 9.94. The summed E-state index contributed by atoms with van der Waals surface area (Å²) in [6.45, 7) is 2.14. The number of carbonyl (C=O) groups excluding carboxylic acids is 1. The number of ether oxygens (including phenoxy) is 2. The Morgan fingerprint density at radius 1 is 1.18 bits per heavy atom. The number of anilines is 1. The van der Waals surface area contributed by atoms with Crippen molar-refractivity contribution in [3.8, 4) is 11.5 Å². The van der Waals surface area contributed by atoms with Crippen LogP contribution in [0.2, 0.25) is 0 Å². The van der Waals surface area contributed by atoms with E-state index in [2.05, 4.69) is 10.3 Å². The second-order valence-corrected chi connectivity index (χ2v) is 5.77. The van der Waals surface area contributed by atoms with Crippen LogP contribution in [0.3, 0.4) is 0 Å². The van der Waals surface area contributed by atoms with E-state index < -0.39 is 5.41 Å². The van der Waals surface area contributed by atoms with E-state index in [1.54, 1.807) is 6.07 Å². The smallest absolute Gasteiger partial charge is 0.236 e. The average Bonchev–Trinajstić information content (AvgIpc) is 3.19. The number of fused-ring (bicyclic) bond motifs is 1. The van der Waals surface area contributed by atoms with E-state index >= 15 is 0 Å². The predicted octanol–water partition coefficient (Wildman–Crippen LogP) is 2.79. The Morgan fingerprint density at radius 3 is 2.77 bits per heavy atom. The van der Waals surface area contributed by atoms with Gasteiger partial charge in [-0.25, -0.2) is 4.98 Å². The molecular formula is C17H16N2O3. The van der Waals surface area contributed by atoms with Crippen LogP contribution in [0.15, 0.2) is 36.4 Å². The van der Waals surface area contributed by atoms with Crippen LogP contribution in [-0.2, 0) is 10.2 Å². The Kier molecular flexibility index (Phi) is 2.82. The minimum Gasteiger partial charge on any atom is -0.454 e. The van der Waals surface area contributed by atoms with Gasteiger partial charge in [0.1, 0.15) is 5.82 Å². The summed E-state index contributed by atoms with van der Waals surface area (Å²) in [5.41, 5.74) is 1.39. The molecule has 0 unspecified atom stereocenters. The third kappa shape index (κ3) is 2.09. The van der Waals surface area contributed by atoms with Crippen molar-refractivity contribution in [3.05, 3.63) is 47.7 Å². The standard InChI is InChI=1S/C17H16N2O3/c1-11-3-2-4-15(18-11)19-16(20)17(7-8-17)12-5-6-13-14(9-12)22-10-21-13/h2-6,9H,7-8,10H2,1H3,(H,18,19,20). The predicted molar refractivity (Wildman–Crippen MR) is 81.1 cm³/mol.